The zero-order valence-electron chi connectivity index (χ0n) is 32.9. The number of aliphatic carboxylic acids is 1. The Morgan fingerprint density at radius 2 is 1.48 bits per heavy atom. The number of carboxylic acid groups (broad SMARTS) is 1. The second-order valence-electron chi connectivity index (χ2n) is 20.1. The Labute approximate surface area is 319 Å². The maximum Gasteiger partial charge on any atom is 0.310 e. The van der Waals surface area contributed by atoms with Crippen LogP contribution in [0.4, 0.5) is 0 Å². The van der Waals surface area contributed by atoms with E-state index in [1.165, 1.54) is 5.57 Å². The molecule has 4 unspecified atom stereocenters. The molecule has 13 heteroatoms. The molecule has 308 valence electrons. The van der Waals surface area contributed by atoms with Crippen molar-refractivity contribution < 1.29 is 64.6 Å². The van der Waals surface area contributed by atoms with E-state index in [0.717, 1.165) is 51.4 Å². The van der Waals surface area contributed by atoms with Crippen LogP contribution in [0.25, 0.3) is 0 Å². The monoisotopic (exact) mass is 766 g/mol. The number of carboxylic acids is 1. The molecule has 0 aromatic rings. The van der Waals surface area contributed by atoms with Gasteiger partial charge >= 0.3 is 5.97 Å². The summed E-state index contributed by atoms with van der Waals surface area (Å²) in [5, 5.41) is 84.5. The van der Waals surface area contributed by atoms with Gasteiger partial charge in [0.05, 0.1) is 31.3 Å². The summed E-state index contributed by atoms with van der Waals surface area (Å²) in [5.41, 5.74) is -0.234. The van der Waals surface area contributed by atoms with Crippen molar-refractivity contribution in [2.45, 2.75) is 167 Å². The van der Waals surface area contributed by atoms with E-state index in [0.29, 0.717) is 18.8 Å². The van der Waals surface area contributed by atoms with Crippen LogP contribution in [0, 0.1) is 50.2 Å². The van der Waals surface area contributed by atoms with Gasteiger partial charge in [0.1, 0.15) is 42.7 Å². The van der Waals surface area contributed by atoms with Crippen molar-refractivity contribution in [3.05, 3.63) is 11.6 Å². The molecular formula is C41H66O13. The molecule has 7 rings (SSSR count). The SMILES string of the molecule is CC1(C)CC[C@]2(C(=O)O)CCC3(C)C(=CCC4[C@@]5(C)CC[C@H](O[C@@H]6OC[C@H](O[C@@H]7O[C@H](CO)[C@@H](O)[C@@H](O)[C@H]7O)[C@@H](O)[C@H]6O)[C@](C)(CO)C5CC[C@]43C)C2C1. The van der Waals surface area contributed by atoms with Crippen LogP contribution in [0.3, 0.4) is 0 Å². The van der Waals surface area contributed by atoms with Gasteiger partial charge in [0, 0.05) is 5.41 Å². The van der Waals surface area contributed by atoms with Crippen LogP contribution in [0.15, 0.2) is 11.6 Å². The molecule has 4 saturated carbocycles. The lowest BCUT2D eigenvalue weighted by atomic mass is 9.33. The van der Waals surface area contributed by atoms with Crippen LogP contribution >= 0.6 is 0 Å². The predicted octanol–water partition coefficient (Wildman–Crippen LogP) is 2.49. The van der Waals surface area contributed by atoms with Crippen LogP contribution in [-0.2, 0) is 23.7 Å². The number of carbonyl (C=O) groups is 1. The van der Waals surface area contributed by atoms with Gasteiger partial charge in [-0.2, -0.15) is 0 Å². The van der Waals surface area contributed by atoms with E-state index in [4.69, 9.17) is 18.9 Å². The van der Waals surface area contributed by atoms with Gasteiger partial charge in [0.2, 0.25) is 0 Å². The molecule has 5 aliphatic carbocycles. The molecule has 0 radical (unpaired) electrons. The smallest absolute Gasteiger partial charge is 0.310 e. The Kier molecular flexibility index (Phi) is 10.6. The number of aliphatic hydroxyl groups is 7. The van der Waals surface area contributed by atoms with Crippen LogP contribution in [0.2, 0.25) is 0 Å². The number of rotatable bonds is 7. The van der Waals surface area contributed by atoms with Gasteiger partial charge < -0.3 is 59.8 Å². The summed E-state index contributed by atoms with van der Waals surface area (Å²) >= 11 is 0. The molecule has 13 nitrogen and oxygen atoms in total. The van der Waals surface area contributed by atoms with Crippen molar-refractivity contribution in [1.82, 2.24) is 0 Å². The molecule has 2 aliphatic heterocycles. The van der Waals surface area contributed by atoms with Gasteiger partial charge in [-0.05, 0) is 104 Å². The first-order valence-corrected chi connectivity index (χ1v) is 20.4. The molecule has 0 spiro atoms. The van der Waals surface area contributed by atoms with Crippen LogP contribution < -0.4 is 0 Å². The highest BCUT2D eigenvalue weighted by atomic mass is 16.7. The maximum absolute atomic E-state index is 13.0. The molecular weight excluding hydrogens is 700 g/mol. The summed E-state index contributed by atoms with van der Waals surface area (Å²) in [6.07, 6.45) is -2.86. The third-order valence-corrected chi connectivity index (χ3v) is 17.0. The Balaban J connectivity index is 1.08. The van der Waals surface area contributed by atoms with Gasteiger partial charge in [0.15, 0.2) is 12.6 Å². The molecule has 2 heterocycles. The largest absolute Gasteiger partial charge is 0.481 e. The first kappa shape index (κ1) is 40.9. The number of hydrogen-bond donors (Lipinski definition) is 8. The van der Waals surface area contributed by atoms with Crippen molar-refractivity contribution >= 4 is 5.97 Å². The number of fused-ring (bicyclic) bond motifs is 7. The summed E-state index contributed by atoms with van der Waals surface area (Å²) in [7, 11) is 0. The molecule has 2 saturated heterocycles. The highest BCUT2D eigenvalue weighted by Gasteiger charge is 2.70. The first-order chi connectivity index (χ1) is 25.2. The second-order valence-corrected chi connectivity index (χ2v) is 20.1. The summed E-state index contributed by atoms with van der Waals surface area (Å²) in [6.45, 7) is 12.9. The van der Waals surface area contributed by atoms with E-state index in [2.05, 4.69) is 47.6 Å². The van der Waals surface area contributed by atoms with Crippen molar-refractivity contribution in [3.63, 3.8) is 0 Å². The lowest BCUT2D eigenvalue weighted by molar-refractivity contribution is -0.352. The number of allylic oxidation sites excluding steroid dienone is 2. The molecule has 0 amide bonds. The highest BCUT2D eigenvalue weighted by molar-refractivity contribution is 5.76. The minimum atomic E-state index is -1.68. The Morgan fingerprint density at radius 1 is 0.796 bits per heavy atom. The van der Waals surface area contributed by atoms with E-state index in [9.17, 15) is 45.6 Å². The Hall–Kier alpha value is -1.23. The number of hydrogen-bond acceptors (Lipinski definition) is 12. The molecule has 0 aromatic heterocycles. The highest BCUT2D eigenvalue weighted by Crippen LogP contribution is 2.76. The van der Waals surface area contributed by atoms with E-state index in [-0.39, 0.29) is 46.7 Å². The Morgan fingerprint density at radius 3 is 2.15 bits per heavy atom. The summed E-state index contributed by atoms with van der Waals surface area (Å²) in [6, 6.07) is 0. The molecule has 7 aliphatic rings. The second kappa shape index (κ2) is 14.0. The molecule has 6 fully saturated rings. The normalized spacial score (nSPS) is 54.3. The molecule has 8 N–H and O–H groups in total. The van der Waals surface area contributed by atoms with Crippen molar-refractivity contribution in [1.29, 1.82) is 0 Å². The van der Waals surface area contributed by atoms with Crippen LogP contribution in [0.5, 0.6) is 0 Å². The number of aliphatic hydroxyl groups excluding tert-OH is 7. The summed E-state index contributed by atoms with van der Waals surface area (Å²) in [5.74, 6) is -0.194. The first-order valence-electron chi connectivity index (χ1n) is 20.4. The molecule has 0 bridgehead atoms. The van der Waals surface area contributed by atoms with E-state index in [1.807, 2.05) is 0 Å². The van der Waals surface area contributed by atoms with Crippen LogP contribution in [-0.4, -0.2) is 128 Å². The molecule has 54 heavy (non-hydrogen) atoms. The average Bonchev–Trinajstić information content (AvgIpc) is 3.12. The van der Waals surface area contributed by atoms with Gasteiger partial charge in [-0.25, -0.2) is 0 Å². The fraction of sp³-hybridized carbons (Fsp3) is 0.927. The van der Waals surface area contributed by atoms with Gasteiger partial charge in [0.25, 0.3) is 0 Å². The van der Waals surface area contributed by atoms with Gasteiger partial charge in [-0.15, -0.1) is 0 Å². The third kappa shape index (κ3) is 5.92. The maximum atomic E-state index is 13.0. The summed E-state index contributed by atoms with van der Waals surface area (Å²) < 4.78 is 23.6. The molecule has 0 aromatic carbocycles. The number of ether oxygens (including phenoxy) is 4. The lowest BCUT2D eigenvalue weighted by Gasteiger charge is -2.71. The van der Waals surface area contributed by atoms with Gasteiger partial charge in [-0.3, -0.25) is 4.79 Å². The third-order valence-electron chi connectivity index (χ3n) is 17.0. The van der Waals surface area contributed by atoms with Crippen molar-refractivity contribution in [2.75, 3.05) is 19.8 Å². The fourth-order valence-corrected chi connectivity index (χ4v) is 13.4. The van der Waals surface area contributed by atoms with E-state index in [1.54, 1.807) is 0 Å². The lowest BCUT2D eigenvalue weighted by Crippen LogP contribution is -2.67. The average molecular weight is 767 g/mol. The van der Waals surface area contributed by atoms with Crippen molar-refractivity contribution in [2.24, 2.45) is 50.2 Å². The van der Waals surface area contributed by atoms with Gasteiger partial charge in [-0.1, -0.05) is 53.2 Å². The van der Waals surface area contributed by atoms with Crippen LogP contribution in [0.1, 0.15) is 106 Å². The minimum Gasteiger partial charge on any atom is -0.481 e. The minimum absolute atomic E-state index is 0.0344. The zero-order valence-corrected chi connectivity index (χ0v) is 32.9. The standard InChI is InChI=1S/C41H66O13/c1-36(2)13-15-41(35(49)50)16-14-39(5)21(22(41)17-36)7-8-26-37(3)11-10-27(38(4,20-43)25(37)9-12-40(26,39)6)54-33-31(47)29(45)24(19-51-33)53-34-32(48)30(46)28(44)23(18-42)52-34/h7,22-34,42-48H,8-20H2,1-6H3,(H,49,50)/t22?,23-,24+,25?,26?,27+,28-,29-,30-,31-,32-,33+,34+,37+,38-,39?,40-,41+/m1/s1. The topological polar surface area (TPSA) is 216 Å². The summed E-state index contributed by atoms with van der Waals surface area (Å²) in [4.78, 5) is 13.0. The van der Waals surface area contributed by atoms with E-state index < -0.39 is 84.8 Å². The Bertz CT molecular complexity index is 1450. The quantitative estimate of drug-likeness (QED) is 0.138. The fourth-order valence-electron chi connectivity index (χ4n) is 13.4. The zero-order chi connectivity index (χ0) is 39.4. The van der Waals surface area contributed by atoms with E-state index >= 15 is 0 Å². The predicted molar refractivity (Wildman–Crippen MR) is 193 cm³/mol. The van der Waals surface area contributed by atoms with Crippen molar-refractivity contribution in [3.8, 4) is 0 Å². The molecule has 18 atom stereocenters.